The minimum atomic E-state index is -1.01. The van der Waals surface area contributed by atoms with Crippen LogP contribution in [0.2, 0.25) is 0 Å². The number of hydrogen-bond acceptors (Lipinski definition) is 8. The number of amidine groups is 1. The molecule has 1 atom stereocenters. The molecule has 3 aliphatic rings. The van der Waals surface area contributed by atoms with Gasteiger partial charge in [-0.25, -0.2) is 14.8 Å². The van der Waals surface area contributed by atoms with E-state index in [1.165, 1.54) is 23.3 Å². The second kappa shape index (κ2) is 9.84. The molecule has 0 bridgehead atoms. The summed E-state index contributed by atoms with van der Waals surface area (Å²) in [5.41, 5.74) is 2.75. The summed E-state index contributed by atoms with van der Waals surface area (Å²) >= 11 is 1.33. The number of benzene rings is 2. The average molecular weight is 570 g/mol. The molecular weight excluding hydrogens is 542 g/mol. The molecule has 2 fully saturated rings. The minimum absolute atomic E-state index is 0.0717. The van der Waals surface area contributed by atoms with Crippen molar-refractivity contribution in [3.8, 4) is 11.1 Å². The molecule has 0 N–H and O–H groups in total. The Morgan fingerprint density at radius 1 is 1.07 bits per heavy atom. The van der Waals surface area contributed by atoms with E-state index in [-0.39, 0.29) is 30.8 Å². The number of methoxy groups -OCH3 is 1. The summed E-state index contributed by atoms with van der Waals surface area (Å²) in [7, 11) is 1.33. The second-order valence-electron chi connectivity index (χ2n) is 10.7. The Morgan fingerprint density at radius 2 is 1.85 bits per heavy atom. The highest BCUT2D eigenvalue weighted by molar-refractivity contribution is 7.11. The van der Waals surface area contributed by atoms with Crippen LogP contribution in [0, 0.1) is 5.92 Å². The van der Waals surface area contributed by atoms with E-state index in [4.69, 9.17) is 14.1 Å². The maximum atomic E-state index is 13.9. The van der Waals surface area contributed by atoms with Crippen molar-refractivity contribution in [3.63, 3.8) is 0 Å². The Labute approximate surface area is 239 Å². The van der Waals surface area contributed by atoms with Crippen LogP contribution in [0.5, 0.6) is 0 Å². The van der Waals surface area contributed by atoms with Crippen molar-refractivity contribution >= 4 is 46.0 Å². The fourth-order valence-electron chi connectivity index (χ4n) is 5.94. The molecule has 1 spiro atoms. The maximum absolute atomic E-state index is 13.9. The van der Waals surface area contributed by atoms with Gasteiger partial charge in [-0.1, -0.05) is 30.3 Å². The van der Waals surface area contributed by atoms with E-state index in [1.54, 1.807) is 22.7 Å². The molecule has 4 aromatic rings. The summed E-state index contributed by atoms with van der Waals surface area (Å²) in [6.07, 6.45) is 3.63. The fraction of sp³-hybridized carbons (Fsp3) is 0.300. The van der Waals surface area contributed by atoms with Gasteiger partial charge in [0, 0.05) is 42.2 Å². The van der Waals surface area contributed by atoms with E-state index in [2.05, 4.69) is 11.1 Å². The first-order valence-corrected chi connectivity index (χ1v) is 14.3. The summed E-state index contributed by atoms with van der Waals surface area (Å²) in [5.74, 6) is 0.506. The number of nitrogens with zero attached hydrogens (tertiary/aromatic N) is 5. The molecule has 3 amide bonds. The van der Waals surface area contributed by atoms with Crippen molar-refractivity contribution < 1.29 is 23.5 Å². The predicted molar refractivity (Wildman–Crippen MR) is 153 cm³/mol. The smallest absolute Gasteiger partial charge is 0.409 e. The topological polar surface area (TPSA) is 109 Å². The highest BCUT2D eigenvalue weighted by Crippen LogP contribution is 2.36. The van der Waals surface area contributed by atoms with Crippen molar-refractivity contribution in [1.29, 1.82) is 0 Å². The molecule has 5 heterocycles. The molecule has 41 heavy (non-hydrogen) atoms. The van der Waals surface area contributed by atoms with Gasteiger partial charge in [0.1, 0.15) is 11.4 Å². The number of rotatable bonds is 5. The summed E-state index contributed by atoms with van der Waals surface area (Å²) in [4.78, 5) is 52.9. The van der Waals surface area contributed by atoms with Gasteiger partial charge in [0.05, 0.1) is 26.5 Å². The van der Waals surface area contributed by atoms with Gasteiger partial charge in [0.15, 0.2) is 10.5 Å². The first-order chi connectivity index (χ1) is 19.9. The summed E-state index contributed by atoms with van der Waals surface area (Å²) < 4.78 is 10.3. The van der Waals surface area contributed by atoms with Crippen molar-refractivity contribution in [3.05, 3.63) is 76.9 Å². The standard InChI is InChI=1S/C30H27N5O5S/c1-39-29(38)34-17-30(18-34)28(37)35(16-19-8-11-33(15-19)27(36)26-31-10-13-41-26)25(32-30)21-4-2-20(3-5-21)22-6-7-24-23(14-22)9-12-40-24/h2-7,9-10,12-14,19H,8,11,15-18H2,1H3/t19-/m1/s1. The first kappa shape index (κ1) is 25.5. The Bertz CT molecular complexity index is 1670. The molecular formula is C30H27N5O5S. The van der Waals surface area contributed by atoms with E-state index in [0.717, 1.165) is 34.1 Å². The number of ether oxygens (including phenoxy) is 1. The fourth-order valence-corrected chi connectivity index (χ4v) is 6.55. The molecule has 0 saturated carbocycles. The first-order valence-electron chi connectivity index (χ1n) is 13.5. The van der Waals surface area contributed by atoms with Crippen LogP contribution in [0.25, 0.3) is 22.1 Å². The normalized spacial score (nSPS) is 19.6. The van der Waals surface area contributed by atoms with Gasteiger partial charge in [-0.15, -0.1) is 11.3 Å². The minimum Gasteiger partial charge on any atom is -0.464 e. The lowest BCUT2D eigenvalue weighted by atomic mass is 9.90. The van der Waals surface area contributed by atoms with Gasteiger partial charge >= 0.3 is 6.09 Å². The number of aromatic nitrogens is 1. The Kier molecular flexibility index (Phi) is 6.11. The highest BCUT2D eigenvalue weighted by Gasteiger charge is 2.58. The lowest BCUT2D eigenvalue weighted by molar-refractivity contribution is -0.136. The van der Waals surface area contributed by atoms with E-state index in [9.17, 15) is 14.4 Å². The molecule has 2 aromatic heterocycles. The lowest BCUT2D eigenvalue weighted by Gasteiger charge is -2.43. The largest absolute Gasteiger partial charge is 0.464 e. The highest BCUT2D eigenvalue weighted by atomic mass is 32.1. The number of furan rings is 1. The average Bonchev–Trinajstić information content (AvgIpc) is 3.79. The van der Waals surface area contributed by atoms with Crippen molar-refractivity contribution in [1.82, 2.24) is 19.7 Å². The van der Waals surface area contributed by atoms with Crippen LogP contribution in [0.1, 0.15) is 21.8 Å². The lowest BCUT2D eigenvalue weighted by Crippen LogP contribution is -2.66. The summed E-state index contributed by atoms with van der Waals surface area (Å²) in [6.45, 7) is 1.97. The van der Waals surface area contributed by atoms with E-state index < -0.39 is 11.6 Å². The van der Waals surface area contributed by atoms with Crippen molar-refractivity contribution in [2.24, 2.45) is 10.9 Å². The van der Waals surface area contributed by atoms with Crippen LogP contribution in [-0.4, -0.2) is 88.8 Å². The third-order valence-electron chi connectivity index (χ3n) is 8.11. The van der Waals surface area contributed by atoms with Gasteiger partial charge in [0.2, 0.25) is 0 Å². The van der Waals surface area contributed by atoms with Crippen LogP contribution in [0.3, 0.4) is 0 Å². The van der Waals surface area contributed by atoms with Gasteiger partial charge in [-0.3, -0.25) is 14.5 Å². The molecule has 11 heteroatoms. The molecule has 0 radical (unpaired) electrons. The number of carbonyl (C=O) groups is 3. The molecule has 10 nitrogen and oxygen atoms in total. The van der Waals surface area contributed by atoms with Crippen LogP contribution in [0.4, 0.5) is 4.79 Å². The second-order valence-corrected chi connectivity index (χ2v) is 11.6. The molecule has 2 aromatic carbocycles. The number of amides is 3. The molecule has 7 rings (SSSR count). The van der Waals surface area contributed by atoms with E-state index in [1.807, 2.05) is 47.4 Å². The molecule has 3 aliphatic heterocycles. The maximum Gasteiger partial charge on any atom is 0.409 e. The molecule has 0 aliphatic carbocycles. The molecule has 208 valence electrons. The van der Waals surface area contributed by atoms with Gasteiger partial charge in [0.25, 0.3) is 11.8 Å². The number of aliphatic imine (C=N–C) groups is 1. The van der Waals surface area contributed by atoms with Crippen LogP contribution in [-0.2, 0) is 9.53 Å². The number of likely N-dealkylation sites (tertiary alicyclic amines) is 2. The quantitative estimate of drug-likeness (QED) is 0.358. The van der Waals surface area contributed by atoms with Crippen LogP contribution >= 0.6 is 11.3 Å². The molecule has 2 saturated heterocycles. The summed E-state index contributed by atoms with van der Waals surface area (Å²) in [6, 6.07) is 16.0. The Hall–Kier alpha value is -4.51. The van der Waals surface area contributed by atoms with E-state index in [0.29, 0.717) is 30.5 Å². The van der Waals surface area contributed by atoms with Gasteiger partial charge in [-0.05, 0) is 41.7 Å². The predicted octanol–water partition coefficient (Wildman–Crippen LogP) is 4.13. The van der Waals surface area contributed by atoms with E-state index >= 15 is 0 Å². The Balaban J connectivity index is 1.14. The third kappa shape index (κ3) is 4.37. The Morgan fingerprint density at radius 3 is 2.61 bits per heavy atom. The third-order valence-corrected chi connectivity index (χ3v) is 8.88. The SMILES string of the molecule is COC(=O)N1CC2(C1)N=C(c1ccc(-c3ccc4occc4c3)cc1)N(C[C@@H]1CCN(C(=O)c3nccs3)C1)C2=O. The van der Waals surface area contributed by atoms with Gasteiger partial charge < -0.3 is 19.0 Å². The van der Waals surface area contributed by atoms with Crippen molar-refractivity contribution in [2.75, 3.05) is 39.8 Å². The van der Waals surface area contributed by atoms with Gasteiger partial charge in [-0.2, -0.15) is 0 Å². The zero-order chi connectivity index (χ0) is 28.1. The number of carbonyl (C=O) groups excluding carboxylic acids is 3. The zero-order valence-corrected chi connectivity index (χ0v) is 23.2. The van der Waals surface area contributed by atoms with Crippen LogP contribution < -0.4 is 0 Å². The van der Waals surface area contributed by atoms with Crippen molar-refractivity contribution in [2.45, 2.75) is 12.0 Å². The number of thiazole rings is 1. The number of fused-ring (bicyclic) bond motifs is 1. The zero-order valence-electron chi connectivity index (χ0n) is 22.4. The monoisotopic (exact) mass is 569 g/mol. The van der Waals surface area contributed by atoms with Crippen LogP contribution in [0.15, 0.2) is 75.8 Å². The summed E-state index contributed by atoms with van der Waals surface area (Å²) in [5, 5.41) is 3.31. The number of hydrogen-bond donors (Lipinski definition) is 0. The molecule has 0 unspecified atom stereocenters.